The lowest BCUT2D eigenvalue weighted by Crippen LogP contribution is -2.37. The van der Waals surface area contributed by atoms with Gasteiger partial charge >= 0.3 is 6.09 Å². The van der Waals surface area contributed by atoms with Crippen LogP contribution in [-0.4, -0.2) is 28.7 Å². The largest absolute Gasteiger partial charge is 0.457 e. The lowest BCUT2D eigenvalue weighted by Gasteiger charge is -2.23. The van der Waals surface area contributed by atoms with Crippen molar-refractivity contribution in [1.29, 1.82) is 0 Å². The predicted molar refractivity (Wildman–Crippen MR) is 134 cm³/mol. The van der Waals surface area contributed by atoms with Crippen LogP contribution in [0.2, 0.25) is 0 Å². The van der Waals surface area contributed by atoms with E-state index in [-0.39, 0.29) is 24.1 Å². The summed E-state index contributed by atoms with van der Waals surface area (Å²) in [4.78, 5) is 22.8. The average molecular weight is 461 g/mol. The molecule has 1 N–H and O–H groups in total. The lowest BCUT2D eigenvalue weighted by atomic mass is 10.0. The van der Waals surface area contributed by atoms with Crippen molar-refractivity contribution in [3.63, 3.8) is 0 Å². The fraction of sp³-hybridized carbons (Fsp3) is 0.370. The first-order chi connectivity index (χ1) is 16.3. The van der Waals surface area contributed by atoms with Gasteiger partial charge in [-0.05, 0) is 60.2 Å². The SMILES string of the molecule is CC(C)c1cccc(Oc2ccc([C@H](C)Nc3nccc(N4C(=O)OC[C@@H]4C(C)C)n3)cc2)c1. The highest BCUT2D eigenvalue weighted by atomic mass is 16.6. The molecular formula is C27H32N4O3. The van der Waals surface area contributed by atoms with E-state index >= 15 is 0 Å². The molecule has 178 valence electrons. The zero-order valence-electron chi connectivity index (χ0n) is 20.4. The van der Waals surface area contributed by atoms with E-state index in [2.05, 4.69) is 55.1 Å². The van der Waals surface area contributed by atoms with Crippen LogP contribution in [0.1, 0.15) is 57.7 Å². The molecule has 0 bridgehead atoms. The number of aromatic nitrogens is 2. The molecule has 0 unspecified atom stereocenters. The number of nitrogens with one attached hydrogen (secondary N) is 1. The smallest absolute Gasteiger partial charge is 0.415 e. The Kier molecular flexibility index (Phi) is 7.01. The molecule has 7 heteroatoms. The monoisotopic (exact) mass is 460 g/mol. The van der Waals surface area contributed by atoms with Gasteiger partial charge in [-0.15, -0.1) is 0 Å². The molecule has 1 amide bonds. The molecule has 1 saturated heterocycles. The molecule has 2 heterocycles. The van der Waals surface area contributed by atoms with Crippen LogP contribution < -0.4 is 15.0 Å². The highest BCUT2D eigenvalue weighted by molar-refractivity contribution is 5.89. The molecule has 0 aliphatic carbocycles. The van der Waals surface area contributed by atoms with Gasteiger partial charge in [-0.3, -0.25) is 4.90 Å². The number of nitrogens with zero attached hydrogens (tertiary/aromatic N) is 3. The normalized spacial score (nSPS) is 16.6. The second-order valence-corrected chi connectivity index (χ2v) is 9.26. The van der Waals surface area contributed by atoms with Crippen LogP contribution in [0.5, 0.6) is 11.5 Å². The van der Waals surface area contributed by atoms with E-state index in [1.54, 1.807) is 17.2 Å². The maximum atomic E-state index is 12.3. The van der Waals surface area contributed by atoms with Crippen LogP contribution >= 0.6 is 0 Å². The van der Waals surface area contributed by atoms with Crippen molar-refractivity contribution in [2.45, 2.75) is 52.6 Å². The van der Waals surface area contributed by atoms with Gasteiger partial charge in [-0.2, -0.15) is 4.98 Å². The third kappa shape index (κ3) is 5.30. The summed E-state index contributed by atoms with van der Waals surface area (Å²) in [5.74, 6) is 3.31. The lowest BCUT2D eigenvalue weighted by molar-refractivity contribution is 0.177. The fourth-order valence-electron chi connectivity index (χ4n) is 3.92. The third-order valence-corrected chi connectivity index (χ3v) is 6.05. The molecule has 34 heavy (non-hydrogen) atoms. The molecule has 2 aromatic carbocycles. The quantitative estimate of drug-likeness (QED) is 0.411. The van der Waals surface area contributed by atoms with Crippen LogP contribution in [0, 0.1) is 5.92 Å². The van der Waals surface area contributed by atoms with Crippen LogP contribution in [0.15, 0.2) is 60.8 Å². The predicted octanol–water partition coefficient (Wildman–Crippen LogP) is 6.55. The molecule has 1 aliphatic heterocycles. The fourth-order valence-corrected chi connectivity index (χ4v) is 3.92. The Bertz CT molecular complexity index is 1130. The summed E-state index contributed by atoms with van der Waals surface area (Å²) in [6, 6.07) is 17.8. The Labute approximate surface area is 201 Å². The summed E-state index contributed by atoms with van der Waals surface area (Å²) in [5.41, 5.74) is 2.31. The van der Waals surface area contributed by atoms with Crippen molar-refractivity contribution < 1.29 is 14.3 Å². The molecule has 1 aromatic heterocycles. The molecular weight excluding hydrogens is 428 g/mol. The number of cyclic esters (lactones) is 1. The number of benzene rings is 2. The maximum absolute atomic E-state index is 12.3. The Morgan fingerprint density at radius 1 is 1.00 bits per heavy atom. The van der Waals surface area contributed by atoms with Crippen LogP contribution in [0.4, 0.5) is 16.6 Å². The summed E-state index contributed by atoms with van der Waals surface area (Å²) in [7, 11) is 0. The van der Waals surface area contributed by atoms with Crippen LogP contribution in [0.25, 0.3) is 0 Å². The second kappa shape index (κ2) is 10.1. The Balaban J connectivity index is 1.43. The van der Waals surface area contributed by atoms with E-state index in [1.165, 1.54) is 5.56 Å². The Morgan fingerprint density at radius 3 is 2.47 bits per heavy atom. The standard InChI is InChI=1S/C27H32N4O3/c1-17(2)21-7-6-8-23(15-21)34-22-11-9-20(10-12-22)19(5)29-26-28-14-13-25(30-26)31-24(18(3)4)16-33-27(31)32/h6-15,17-19,24H,16H2,1-5H3,(H,28,29,30)/t19-,24+/m0/s1. The second-order valence-electron chi connectivity index (χ2n) is 9.26. The van der Waals surface area contributed by atoms with Crippen LogP contribution in [0.3, 0.4) is 0 Å². The maximum Gasteiger partial charge on any atom is 0.415 e. The van der Waals surface area contributed by atoms with E-state index in [1.807, 2.05) is 43.3 Å². The molecule has 1 aliphatic rings. The van der Waals surface area contributed by atoms with Gasteiger partial charge in [-0.25, -0.2) is 9.78 Å². The molecule has 0 spiro atoms. The number of rotatable bonds is 8. The van der Waals surface area contributed by atoms with Gasteiger partial charge < -0.3 is 14.8 Å². The minimum absolute atomic E-state index is 0.0403. The molecule has 1 fully saturated rings. The van der Waals surface area contributed by atoms with E-state index in [4.69, 9.17) is 9.47 Å². The number of anilines is 2. The number of carbonyl (C=O) groups is 1. The van der Waals surface area contributed by atoms with Crippen molar-refractivity contribution >= 4 is 17.9 Å². The Hall–Kier alpha value is -3.61. The van der Waals surface area contributed by atoms with Crippen molar-refractivity contribution in [3.8, 4) is 11.5 Å². The third-order valence-electron chi connectivity index (χ3n) is 6.05. The van der Waals surface area contributed by atoms with Gasteiger partial charge in [0.25, 0.3) is 0 Å². The van der Waals surface area contributed by atoms with E-state index in [0.717, 1.165) is 17.1 Å². The summed E-state index contributed by atoms with van der Waals surface area (Å²) < 4.78 is 11.3. The van der Waals surface area contributed by atoms with Gasteiger partial charge in [0.1, 0.15) is 23.9 Å². The van der Waals surface area contributed by atoms with Gasteiger partial charge in [0.15, 0.2) is 0 Å². The summed E-state index contributed by atoms with van der Waals surface area (Å²) in [6.45, 7) is 10.9. The number of ether oxygens (including phenoxy) is 2. The first-order valence-electron chi connectivity index (χ1n) is 11.7. The number of carbonyl (C=O) groups excluding carboxylic acids is 1. The first-order valence-corrected chi connectivity index (χ1v) is 11.7. The van der Waals surface area contributed by atoms with Gasteiger partial charge in [0.05, 0.1) is 12.1 Å². The minimum Gasteiger partial charge on any atom is -0.457 e. The van der Waals surface area contributed by atoms with Gasteiger partial charge in [0.2, 0.25) is 5.95 Å². The Morgan fingerprint density at radius 2 is 1.76 bits per heavy atom. The summed E-state index contributed by atoms with van der Waals surface area (Å²) >= 11 is 0. The van der Waals surface area contributed by atoms with Gasteiger partial charge in [-0.1, -0.05) is 52.0 Å². The van der Waals surface area contributed by atoms with Crippen molar-refractivity contribution in [2.75, 3.05) is 16.8 Å². The summed E-state index contributed by atoms with van der Waals surface area (Å²) in [6.07, 6.45) is 1.29. The van der Waals surface area contributed by atoms with E-state index in [0.29, 0.717) is 24.3 Å². The zero-order chi connectivity index (χ0) is 24.2. The molecule has 3 aromatic rings. The highest BCUT2D eigenvalue weighted by Crippen LogP contribution is 2.28. The summed E-state index contributed by atoms with van der Waals surface area (Å²) in [5, 5.41) is 3.33. The van der Waals surface area contributed by atoms with Crippen molar-refractivity contribution in [1.82, 2.24) is 9.97 Å². The van der Waals surface area contributed by atoms with Crippen molar-refractivity contribution in [3.05, 3.63) is 71.9 Å². The average Bonchev–Trinajstić information content (AvgIpc) is 3.21. The van der Waals surface area contributed by atoms with Gasteiger partial charge in [0, 0.05) is 6.20 Å². The first kappa shape index (κ1) is 23.5. The van der Waals surface area contributed by atoms with Crippen molar-refractivity contribution in [2.24, 2.45) is 5.92 Å². The minimum atomic E-state index is -0.370. The van der Waals surface area contributed by atoms with Crippen LogP contribution in [-0.2, 0) is 4.74 Å². The van der Waals surface area contributed by atoms with E-state index in [9.17, 15) is 4.79 Å². The molecule has 0 saturated carbocycles. The number of amides is 1. The number of hydrogen-bond acceptors (Lipinski definition) is 6. The molecule has 2 atom stereocenters. The number of hydrogen-bond donors (Lipinski definition) is 1. The molecule has 4 rings (SSSR count). The molecule has 0 radical (unpaired) electrons. The zero-order valence-corrected chi connectivity index (χ0v) is 20.4. The highest BCUT2D eigenvalue weighted by Gasteiger charge is 2.37. The molecule has 7 nitrogen and oxygen atoms in total. The topological polar surface area (TPSA) is 76.6 Å². The van der Waals surface area contributed by atoms with E-state index < -0.39 is 0 Å².